The number of hydrogen-bond acceptors (Lipinski definition) is 6. The second-order valence-electron chi connectivity index (χ2n) is 11.3. The molecule has 0 saturated carbocycles. The van der Waals surface area contributed by atoms with Crippen LogP contribution in [0.25, 0.3) is 0 Å². The molecule has 0 fully saturated rings. The minimum atomic E-state index is -0.407. The van der Waals surface area contributed by atoms with Crippen molar-refractivity contribution < 1.29 is 19.1 Å². The SMILES string of the molecule is CCOC(=O)C1Nc2ccc(C(=O)NCc3cccc(C(=O)Nc4ccc5c(c4)CN(C)CC5)c3)cc2C2C=CCC12. The van der Waals surface area contributed by atoms with Crippen molar-refractivity contribution in [3.05, 3.63) is 106 Å². The van der Waals surface area contributed by atoms with Gasteiger partial charge in [0.2, 0.25) is 0 Å². The average Bonchev–Trinajstić information content (AvgIpc) is 3.50. The summed E-state index contributed by atoms with van der Waals surface area (Å²) in [7, 11) is 2.10. The van der Waals surface area contributed by atoms with Gasteiger partial charge < -0.3 is 25.6 Å². The largest absolute Gasteiger partial charge is 0.464 e. The summed E-state index contributed by atoms with van der Waals surface area (Å²) in [5.41, 5.74) is 7.13. The molecule has 42 heavy (non-hydrogen) atoms. The number of likely N-dealkylation sites (N-methyl/N-ethyl adjacent to an activating group) is 1. The van der Waals surface area contributed by atoms with E-state index in [-0.39, 0.29) is 36.2 Å². The molecule has 0 spiro atoms. The Bertz CT molecular complexity index is 1560. The minimum absolute atomic E-state index is 0.0506. The number of rotatable bonds is 7. The molecule has 0 radical (unpaired) electrons. The summed E-state index contributed by atoms with van der Waals surface area (Å²) >= 11 is 0. The predicted octanol–water partition coefficient (Wildman–Crippen LogP) is 4.87. The molecule has 0 bridgehead atoms. The Balaban J connectivity index is 1.10. The molecule has 2 aliphatic heterocycles. The van der Waals surface area contributed by atoms with Crippen LogP contribution in [0, 0.1) is 5.92 Å². The van der Waals surface area contributed by atoms with Gasteiger partial charge in [-0.1, -0.05) is 30.4 Å². The van der Waals surface area contributed by atoms with Gasteiger partial charge in [-0.05, 0) is 91.5 Å². The summed E-state index contributed by atoms with van der Waals surface area (Å²) in [4.78, 5) is 41.0. The van der Waals surface area contributed by atoms with E-state index in [9.17, 15) is 14.4 Å². The molecule has 3 atom stereocenters. The lowest BCUT2D eigenvalue weighted by atomic mass is 9.79. The number of anilines is 2. The predicted molar refractivity (Wildman–Crippen MR) is 163 cm³/mol. The van der Waals surface area contributed by atoms with E-state index in [1.807, 2.05) is 43.3 Å². The van der Waals surface area contributed by atoms with Gasteiger partial charge >= 0.3 is 5.97 Å². The van der Waals surface area contributed by atoms with Crippen molar-refractivity contribution >= 4 is 29.2 Å². The topological polar surface area (TPSA) is 99.8 Å². The molecule has 2 heterocycles. The highest BCUT2D eigenvalue weighted by atomic mass is 16.5. The number of allylic oxidation sites excluding steroid dienone is 2. The molecular formula is C34H36N4O4. The van der Waals surface area contributed by atoms with Crippen LogP contribution in [-0.4, -0.2) is 48.9 Å². The number of esters is 1. The van der Waals surface area contributed by atoms with Gasteiger partial charge in [-0.3, -0.25) is 9.59 Å². The lowest BCUT2D eigenvalue weighted by Gasteiger charge is -2.35. The van der Waals surface area contributed by atoms with Crippen molar-refractivity contribution in [2.75, 3.05) is 30.8 Å². The third kappa shape index (κ3) is 5.67. The van der Waals surface area contributed by atoms with Crippen LogP contribution in [0.4, 0.5) is 11.4 Å². The van der Waals surface area contributed by atoms with Crippen LogP contribution < -0.4 is 16.0 Å². The van der Waals surface area contributed by atoms with Crippen LogP contribution in [0.5, 0.6) is 0 Å². The van der Waals surface area contributed by atoms with Crippen LogP contribution in [-0.2, 0) is 29.0 Å². The zero-order valence-corrected chi connectivity index (χ0v) is 24.0. The summed E-state index contributed by atoms with van der Waals surface area (Å²) in [6, 6.07) is 18.6. The molecule has 3 aliphatic rings. The lowest BCUT2D eigenvalue weighted by Crippen LogP contribution is -2.43. The summed E-state index contributed by atoms with van der Waals surface area (Å²) in [6.45, 7) is 4.36. The van der Waals surface area contributed by atoms with Crippen molar-refractivity contribution in [2.24, 2.45) is 5.92 Å². The Morgan fingerprint density at radius 3 is 2.71 bits per heavy atom. The fourth-order valence-electron chi connectivity index (χ4n) is 6.29. The summed E-state index contributed by atoms with van der Waals surface area (Å²) in [6.07, 6.45) is 6.02. The third-order valence-corrected chi connectivity index (χ3v) is 8.47. The van der Waals surface area contributed by atoms with E-state index in [1.54, 1.807) is 12.1 Å². The van der Waals surface area contributed by atoms with Crippen molar-refractivity contribution in [1.29, 1.82) is 0 Å². The highest BCUT2D eigenvalue weighted by Gasteiger charge is 2.41. The highest BCUT2D eigenvalue weighted by molar-refractivity contribution is 6.04. The molecule has 8 heteroatoms. The highest BCUT2D eigenvalue weighted by Crippen LogP contribution is 2.45. The maximum absolute atomic E-state index is 13.1. The van der Waals surface area contributed by atoms with Crippen LogP contribution in [0.3, 0.4) is 0 Å². The first kappa shape index (κ1) is 27.7. The van der Waals surface area contributed by atoms with E-state index in [0.717, 1.165) is 48.4 Å². The maximum atomic E-state index is 13.1. The van der Waals surface area contributed by atoms with E-state index in [2.05, 4.69) is 52.2 Å². The molecule has 0 aromatic heterocycles. The number of fused-ring (bicyclic) bond motifs is 4. The van der Waals surface area contributed by atoms with Gasteiger partial charge in [0.15, 0.2) is 0 Å². The lowest BCUT2D eigenvalue weighted by molar-refractivity contribution is -0.145. The number of carbonyl (C=O) groups excluding carboxylic acids is 3. The Hall–Kier alpha value is -4.43. The molecule has 1 aliphatic carbocycles. The molecule has 2 amide bonds. The second-order valence-corrected chi connectivity index (χ2v) is 11.3. The quantitative estimate of drug-likeness (QED) is 0.280. The zero-order chi connectivity index (χ0) is 29.2. The zero-order valence-electron chi connectivity index (χ0n) is 24.0. The number of nitrogens with zero attached hydrogens (tertiary/aromatic N) is 1. The Labute approximate surface area is 246 Å². The molecule has 216 valence electrons. The van der Waals surface area contributed by atoms with E-state index in [4.69, 9.17) is 4.74 Å². The van der Waals surface area contributed by atoms with Crippen molar-refractivity contribution in [1.82, 2.24) is 10.2 Å². The normalized spacial score (nSPS) is 20.5. The molecule has 0 saturated heterocycles. The van der Waals surface area contributed by atoms with E-state index < -0.39 is 6.04 Å². The van der Waals surface area contributed by atoms with Crippen molar-refractivity contribution in [3.63, 3.8) is 0 Å². The van der Waals surface area contributed by atoms with E-state index in [1.165, 1.54) is 11.1 Å². The van der Waals surface area contributed by atoms with Gasteiger partial charge in [-0.15, -0.1) is 0 Å². The summed E-state index contributed by atoms with van der Waals surface area (Å²) < 4.78 is 5.30. The molecule has 8 nitrogen and oxygen atoms in total. The number of benzene rings is 3. The Morgan fingerprint density at radius 1 is 1.00 bits per heavy atom. The van der Waals surface area contributed by atoms with Crippen molar-refractivity contribution in [2.45, 2.75) is 44.8 Å². The van der Waals surface area contributed by atoms with Gasteiger partial charge in [0.05, 0.1) is 6.61 Å². The molecule has 3 aromatic carbocycles. The second kappa shape index (κ2) is 11.8. The minimum Gasteiger partial charge on any atom is -0.464 e. The smallest absolute Gasteiger partial charge is 0.328 e. The monoisotopic (exact) mass is 564 g/mol. The number of nitrogens with one attached hydrogen (secondary N) is 3. The van der Waals surface area contributed by atoms with Crippen LogP contribution in [0.15, 0.2) is 72.8 Å². The van der Waals surface area contributed by atoms with Gasteiger partial charge in [-0.2, -0.15) is 0 Å². The third-order valence-electron chi connectivity index (χ3n) is 8.47. The van der Waals surface area contributed by atoms with Gasteiger partial charge in [0.25, 0.3) is 11.8 Å². The molecular weight excluding hydrogens is 528 g/mol. The molecule has 3 aromatic rings. The molecule has 3 N–H and O–H groups in total. The van der Waals surface area contributed by atoms with E-state index >= 15 is 0 Å². The van der Waals surface area contributed by atoms with E-state index in [0.29, 0.717) is 17.7 Å². The standard InChI is InChI=1S/C34H36N4O4/c1-3-42-34(41)31-28-9-5-8-27(28)29-18-24(11-13-30(29)37-31)32(39)35-19-21-6-4-7-23(16-21)33(40)36-26-12-10-22-14-15-38(2)20-25(22)17-26/h4-8,10-13,16-18,27-28,31,37H,3,9,14-15,19-20H2,1-2H3,(H,35,39)(H,36,40). The fourth-order valence-corrected chi connectivity index (χ4v) is 6.29. The van der Waals surface area contributed by atoms with Crippen LogP contribution >= 0.6 is 0 Å². The molecule has 6 rings (SSSR count). The fraction of sp³-hybridized carbons (Fsp3) is 0.324. The number of hydrogen-bond donors (Lipinski definition) is 3. The van der Waals surface area contributed by atoms with Gasteiger partial charge in [0.1, 0.15) is 6.04 Å². The van der Waals surface area contributed by atoms with Crippen molar-refractivity contribution in [3.8, 4) is 0 Å². The van der Waals surface area contributed by atoms with Crippen LogP contribution in [0.2, 0.25) is 0 Å². The van der Waals surface area contributed by atoms with Crippen LogP contribution in [0.1, 0.15) is 62.2 Å². The first-order valence-corrected chi connectivity index (χ1v) is 14.6. The summed E-state index contributed by atoms with van der Waals surface area (Å²) in [5.74, 6) is -0.511. The maximum Gasteiger partial charge on any atom is 0.328 e. The average molecular weight is 565 g/mol. The Kier molecular flexibility index (Phi) is 7.80. The number of carbonyl (C=O) groups is 3. The first-order chi connectivity index (χ1) is 20.4. The molecule has 3 unspecified atom stereocenters. The first-order valence-electron chi connectivity index (χ1n) is 14.6. The Morgan fingerprint density at radius 2 is 1.86 bits per heavy atom. The van der Waals surface area contributed by atoms with Gasteiger partial charge in [0, 0.05) is 54.0 Å². The number of amides is 2. The van der Waals surface area contributed by atoms with Gasteiger partial charge in [-0.25, -0.2) is 4.79 Å². The summed E-state index contributed by atoms with van der Waals surface area (Å²) in [5, 5.41) is 9.35. The number of ether oxygens (including phenoxy) is 1.